The molecule has 0 unspecified atom stereocenters. The SMILES string of the molecule is CCCCCOc1ccc(CO[C@@H]2[C@H]3OC(C)(C)O[C@H]3O[C@@H]2[C@H](O)CO)cc1. The minimum atomic E-state index is -1.06. The van der Waals surface area contributed by atoms with Crippen LogP contribution < -0.4 is 4.74 Å². The van der Waals surface area contributed by atoms with Gasteiger partial charge in [0.2, 0.25) is 0 Å². The first-order valence-corrected chi connectivity index (χ1v) is 10.1. The van der Waals surface area contributed by atoms with Gasteiger partial charge in [-0.1, -0.05) is 31.9 Å². The minimum absolute atomic E-state index is 0.325. The summed E-state index contributed by atoms with van der Waals surface area (Å²) >= 11 is 0. The lowest BCUT2D eigenvalue weighted by Crippen LogP contribution is -2.44. The van der Waals surface area contributed by atoms with E-state index in [-0.39, 0.29) is 0 Å². The molecule has 2 heterocycles. The van der Waals surface area contributed by atoms with E-state index < -0.39 is 43.1 Å². The highest BCUT2D eigenvalue weighted by Gasteiger charge is 2.56. The third kappa shape index (κ3) is 5.23. The summed E-state index contributed by atoms with van der Waals surface area (Å²) in [7, 11) is 0. The van der Waals surface area contributed by atoms with E-state index in [0.717, 1.165) is 24.3 Å². The molecule has 1 aromatic carbocycles. The van der Waals surface area contributed by atoms with Crippen molar-refractivity contribution in [2.45, 2.75) is 83.1 Å². The zero-order valence-corrected chi connectivity index (χ0v) is 16.9. The summed E-state index contributed by atoms with van der Waals surface area (Å²) in [6.07, 6.45) is -0.00224. The van der Waals surface area contributed by atoms with Gasteiger partial charge < -0.3 is 33.9 Å². The van der Waals surface area contributed by atoms with Gasteiger partial charge in [0, 0.05) is 0 Å². The van der Waals surface area contributed by atoms with Gasteiger partial charge in [0.1, 0.15) is 30.2 Å². The van der Waals surface area contributed by atoms with Crippen LogP contribution >= 0.6 is 0 Å². The lowest BCUT2D eigenvalue weighted by molar-refractivity contribution is -0.232. The Kier molecular flexibility index (Phi) is 7.31. The van der Waals surface area contributed by atoms with Gasteiger partial charge >= 0.3 is 0 Å². The van der Waals surface area contributed by atoms with Crippen LogP contribution in [-0.2, 0) is 25.6 Å². The van der Waals surface area contributed by atoms with Crippen LogP contribution in [0.3, 0.4) is 0 Å². The van der Waals surface area contributed by atoms with Crippen LogP contribution in [0.1, 0.15) is 45.6 Å². The summed E-state index contributed by atoms with van der Waals surface area (Å²) in [5.74, 6) is 0.0648. The molecular weight excluding hydrogens is 364 g/mol. The fourth-order valence-electron chi connectivity index (χ4n) is 3.52. The quantitative estimate of drug-likeness (QED) is 0.587. The van der Waals surface area contributed by atoms with Gasteiger partial charge in [0.25, 0.3) is 0 Å². The maximum absolute atomic E-state index is 10.1. The maximum atomic E-state index is 10.1. The van der Waals surface area contributed by atoms with Crippen molar-refractivity contribution in [1.82, 2.24) is 0 Å². The van der Waals surface area contributed by atoms with Crippen molar-refractivity contribution in [3.05, 3.63) is 29.8 Å². The van der Waals surface area contributed by atoms with Crippen molar-refractivity contribution in [3.8, 4) is 5.75 Å². The molecule has 3 rings (SSSR count). The Morgan fingerprint density at radius 3 is 2.57 bits per heavy atom. The Labute approximate surface area is 166 Å². The molecule has 1 aromatic rings. The number of benzene rings is 1. The molecule has 5 atom stereocenters. The van der Waals surface area contributed by atoms with Gasteiger partial charge in [-0.2, -0.15) is 0 Å². The molecule has 2 N–H and O–H groups in total. The fraction of sp³-hybridized carbons (Fsp3) is 0.714. The lowest BCUT2D eigenvalue weighted by Gasteiger charge is -2.28. The Balaban J connectivity index is 1.56. The summed E-state index contributed by atoms with van der Waals surface area (Å²) < 4.78 is 29.1. The van der Waals surface area contributed by atoms with Crippen molar-refractivity contribution in [3.63, 3.8) is 0 Å². The number of ether oxygens (including phenoxy) is 5. The minimum Gasteiger partial charge on any atom is -0.494 e. The predicted molar refractivity (Wildman–Crippen MR) is 102 cm³/mol. The standard InChI is InChI=1S/C21H32O7/c1-4-5-6-11-24-15-9-7-14(8-10-15)13-25-18-17(16(23)12-22)26-20-19(18)27-21(2,3)28-20/h7-10,16-20,22-23H,4-6,11-13H2,1-3H3/t16-,17-,18+,19-,20-/m1/s1. The number of fused-ring (bicyclic) bond motifs is 1. The Hall–Kier alpha value is -1.22. The topological polar surface area (TPSA) is 86.6 Å². The van der Waals surface area contributed by atoms with E-state index in [9.17, 15) is 10.2 Å². The number of rotatable bonds is 10. The number of hydrogen-bond acceptors (Lipinski definition) is 7. The number of aliphatic hydroxyl groups is 2. The van der Waals surface area contributed by atoms with Crippen LogP contribution in [0.4, 0.5) is 0 Å². The van der Waals surface area contributed by atoms with Crippen molar-refractivity contribution < 1.29 is 33.9 Å². The number of hydrogen-bond donors (Lipinski definition) is 2. The summed E-state index contributed by atoms with van der Waals surface area (Å²) in [6.45, 7) is 6.41. The molecule has 2 aliphatic rings. The molecule has 0 radical (unpaired) electrons. The molecule has 7 nitrogen and oxygen atoms in total. The summed E-state index contributed by atoms with van der Waals surface area (Å²) in [5.41, 5.74) is 0.972. The van der Waals surface area contributed by atoms with E-state index in [2.05, 4.69) is 6.92 Å². The normalized spacial score (nSPS) is 29.6. The maximum Gasteiger partial charge on any atom is 0.190 e. The third-order valence-corrected chi connectivity index (χ3v) is 4.98. The van der Waals surface area contributed by atoms with Crippen LogP contribution in [0.5, 0.6) is 5.75 Å². The van der Waals surface area contributed by atoms with Gasteiger partial charge in [-0.25, -0.2) is 0 Å². The average molecular weight is 396 g/mol. The van der Waals surface area contributed by atoms with Gasteiger partial charge in [0.05, 0.1) is 19.8 Å². The van der Waals surface area contributed by atoms with E-state index in [4.69, 9.17) is 23.7 Å². The van der Waals surface area contributed by atoms with Crippen LogP contribution in [0.15, 0.2) is 24.3 Å². The van der Waals surface area contributed by atoms with E-state index in [1.807, 2.05) is 38.1 Å². The van der Waals surface area contributed by atoms with Gasteiger partial charge in [-0.3, -0.25) is 0 Å². The first kappa shape index (κ1) is 21.5. The molecule has 0 aliphatic carbocycles. The van der Waals surface area contributed by atoms with Crippen molar-refractivity contribution >= 4 is 0 Å². The molecule has 0 bridgehead atoms. The molecule has 2 fully saturated rings. The molecule has 0 spiro atoms. The smallest absolute Gasteiger partial charge is 0.190 e. The zero-order valence-electron chi connectivity index (χ0n) is 16.9. The van der Waals surface area contributed by atoms with Crippen LogP contribution in [-0.4, -0.2) is 59.9 Å². The summed E-state index contributed by atoms with van der Waals surface area (Å²) in [5, 5.41) is 19.4. The van der Waals surface area contributed by atoms with Crippen LogP contribution in [0, 0.1) is 0 Å². The molecular formula is C21H32O7. The van der Waals surface area contributed by atoms with Crippen molar-refractivity contribution in [2.24, 2.45) is 0 Å². The fourth-order valence-corrected chi connectivity index (χ4v) is 3.52. The molecule has 7 heteroatoms. The Morgan fingerprint density at radius 2 is 1.89 bits per heavy atom. The van der Waals surface area contributed by atoms with Gasteiger partial charge in [-0.15, -0.1) is 0 Å². The van der Waals surface area contributed by atoms with Crippen LogP contribution in [0.2, 0.25) is 0 Å². The zero-order chi connectivity index (χ0) is 20.1. The first-order chi connectivity index (χ1) is 13.4. The highest BCUT2D eigenvalue weighted by Crippen LogP contribution is 2.39. The van der Waals surface area contributed by atoms with E-state index >= 15 is 0 Å². The Bertz CT molecular complexity index is 603. The van der Waals surface area contributed by atoms with E-state index in [1.165, 1.54) is 12.8 Å². The molecule has 0 aromatic heterocycles. The molecule has 158 valence electrons. The second kappa shape index (κ2) is 9.52. The van der Waals surface area contributed by atoms with Gasteiger partial charge in [-0.05, 0) is 38.0 Å². The molecule has 28 heavy (non-hydrogen) atoms. The second-order valence-electron chi connectivity index (χ2n) is 7.79. The van der Waals surface area contributed by atoms with Crippen molar-refractivity contribution in [2.75, 3.05) is 13.2 Å². The summed E-state index contributed by atoms with van der Waals surface area (Å²) in [6, 6.07) is 7.76. The third-order valence-electron chi connectivity index (χ3n) is 4.98. The largest absolute Gasteiger partial charge is 0.494 e. The molecule has 0 saturated carbocycles. The monoisotopic (exact) mass is 396 g/mol. The molecule has 2 saturated heterocycles. The van der Waals surface area contributed by atoms with E-state index in [0.29, 0.717) is 6.61 Å². The van der Waals surface area contributed by atoms with E-state index in [1.54, 1.807) is 0 Å². The molecule has 0 amide bonds. The Morgan fingerprint density at radius 1 is 1.14 bits per heavy atom. The summed E-state index contributed by atoms with van der Waals surface area (Å²) in [4.78, 5) is 0. The second-order valence-corrected chi connectivity index (χ2v) is 7.79. The van der Waals surface area contributed by atoms with Gasteiger partial charge in [0.15, 0.2) is 12.1 Å². The highest BCUT2D eigenvalue weighted by molar-refractivity contribution is 5.26. The van der Waals surface area contributed by atoms with Crippen LogP contribution in [0.25, 0.3) is 0 Å². The first-order valence-electron chi connectivity index (χ1n) is 10.1. The predicted octanol–water partition coefficient (Wildman–Crippen LogP) is 2.37. The number of aliphatic hydroxyl groups excluding tert-OH is 2. The average Bonchev–Trinajstić information content (AvgIpc) is 3.15. The molecule has 2 aliphatic heterocycles. The number of unbranched alkanes of at least 4 members (excludes halogenated alkanes) is 2. The van der Waals surface area contributed by atoms with Crippen molar-refractivity contribution in [1.29, 1.82) is 0 Å². The lowest BCUT2D eigenvalue weighted by atomic mass is 10.1. The highest BCUT2D eigenvalue weighted by atomic mass is 16.8.